The number of thiophene rings is 1. The number of amides is 1. The number of nitrogens with zero attached hydrogens (tertiary/aromatic N) is 2. The molecule has 4 nitrogen and oxygen atoms in total. The summed E-state index contributed by atoms with van der Waals surface area (Å²) in [6.07, 6.45) is 4.40. The first-order valence-corrected chi connectivity index (χ1v) is 12.8. The largest absolute Gasteiger partial charge is 0.370 e. The number of hydrogen-bond acceptors (Lipinski definition) is 4. The van der Waals surface area contributed by atoms with Crippen molar-refractivity contribution in [2.24, 2.45) is 5.92 Å². The Balaban J connectivity index is 0.00000112. The van der Waals surface area contributed by atoms with E-state index in [1.807, 2.05) is 60.4 Å². The second-order valence-corrected chi connectivity index (χ2v) is 9.96. The molecule has 1 spiro atoms. The zero-order valence-electron chi connectivity index (χ0n) is 19.2. The zero-order chi connectivity index (χ0) is 21.8. The van der Waals surface area contributed by atoms with Crippen molar-refractivity contribution in [3.05, 3.63) is 57.3 Å². The summed E-state index contributed by atoms with van der Waals surface area (Å²) < 4.78 is 6.41. The van der Waals surface area contributed by atoms with E-state index in [4.69, 9.17) is 4.74 Å². The summed E-state index contributed by atoms with van der Waals surface area (Å²) in [5.74, 6) is 0.777. The highest BCUT2D eigenvalue weighted by molar-refractivity contribution is 7.12. The fraction of sp³-hybridized carbons (Fsp3) is 0.577. The topological polar surface area (TPSA) is 32.8 Å². The van der Waals surface area contributed by atoms with Crippen molar-refractivity contribution in [1.29, 1.82) is 0 Å². The molecule has 3 aliphatic rings. The van der Waals surface area contributed by atoms with E-state index >= 15 is 0 Å². The van der Waals surface area contributed by atoms with E-state index in [2.05, 4.69) is 17.9 Å². The summed E-state index contributed by atoms with van der Waals surface area (Å²) in [5.41, 5.74) is 2.26. The van der Waals surface area contributed by atoms with Gasteiger partial charge in [0.15, 0.2) is 0 Å². The minimum absolute atomic E-state index is 0.0388. The van der Waals surface area contributed by atoms with E-state index in [-0.39, 0.29) is 11.5 Å². The summed E-state index contributed by atoms with van der Waals surface area (Å²) in [6, 6.07) is 12.1. The molecule has 0 aliphatic carbocycles. The molecule has 0 N–H and O–H groups in total. The maximum Gasteiger partial charge on any atom is 0.253 e. The molecule has 2 aromatic rings. The number of hydrogen-bond donors (Lipinski definition) is 0. The summed E-state index contributed by atoms with van der Waals surface area (Å²) in [5, 5.41) is 0. The minimum Gasteiger partial charge on any atom is -0.370 e. The predicted molar refractivity (Wildman–Crippen MR) is 128 cm³/mol. The van der Waals surface area contributed by atoms with E-state index in [1.54, 1.807) is 4.88 Å². The van der Waals surface area contributed by atoms with E-state index in [9.17, 15) is 4.79 Å². The van der Waals surface area contributed by atoms with E-state index in [0.717, 1.165) is 70.6 Å². The van der Waals surface area contributed by atoms with Gasteiger partial charge in [-0.1, -0.05) is 39.0 Å². The van der Waals surface area contributed by atoms with Crippen LogP contribution in [0.25, 0.3) is 0 Å². The number of likely N-dealkylation sites (tertiary alicyclic amines) is 2. The molecule has 4 heterocycles. The minimum atomic E-state index is -0.0388. The number of ether oxygens (including phenoxy) is 1. The normalized spacial score (nSPS) is 20.5. The van der Waals surface area contributed by atoms with Crippen LogP contribution in [0.1, 0.15) is 59.3 Å². The van der Waals surface area contributed by atoms with Crippen LogP contribution in [0.4, 0.5) is 0 Å². The van der Waals surface area contributed by atoms with Gasteiger partial charge in [-0.25, -0.2) is 0 Å². The first-order valence-electron chi connectivity index (χ1n) is 12.0. The molecule has 1 aromatic heterocycles. The third-order valence-electron chi connectivity index (χ3n) is 6.85. The quantitative estimate of drug-likeness (QED) is 0.673. The summed E-state index contributed by atoms with van der Waals surface area (Å²) in [4.78, 5) is 20.1. The van der Waals surface area contributed by atoms with Gasteiger partial charge in [-0.05, 0) is 43.0 Å². The molecule has 0 bridgehead atoms. The van der Waals surface area contributed by atoms with Crippen molar-refractivity contribution >= 4 is 17.2 Å². The lowest BCUT2D eigenvalue weighted by Gasteiger charge is -2.47. The van der Waals surface area contributed by atoms with Gasteiger partial charge in [0.05, 0.1) is 12.2 Å². The number of carbonyl (C=O) groups excluding carboxylic acids is 1. The van der Waals surface area contributed by atoms with Gasteiger partial charge >= 0.3 is 0 Å². The summed E-state index contributed by atoms with van der Waals surface area (Å²) in [7, 11) is 0. The average Bonchev–Trinajstić information content (AvgIpc) is 3.24. The Morgan fingerprint density at radius 3 is 2.55 bits per heavy atom. The monoisotopic (exact) mass is 440 g/mol. The lowest BCUT2D eigenvalue weighted by atomic mass is 9.82. The fourth-order valence-electron chi connectivity index (χ4n) is 5.14. The Bertz CT molecular complexity index is 865. The van der Waals surface area contributed by atoms with E-state index in [0.29, 0.717) is 5.92 Å². The number of aryl methyl sites for hydroxylation is 1. The van der Waals surface area contributed by atoms with Crippen molar-refractivity contribution in [1.82, 2.24) is 9.80 Å². The van der Waals surface area contributed by atoms with Gasteiger partial charge in [0, 0.05) is 60.4 Å². The fourth-order valence-corrected chi connectivity index (χ4v) is 6.31. The van der Waals surface area contributed by atoms with E-state index < -0.39 is 0 Å². The Labute approximate surface area is 191 Å². The summed E-state index contributed by atoms with van der Waals surface area (Å²) >= 11 is 2.00. The molecule has 5 heteroatoms. The number of piperidine rings is 1. The van der Waals surface area contributed by atoms with Crippen molar-refractivity contribution in [2.45, 2.75) is 52.1 Å². The van der Waals surface area contributed by atoms with Crippen molar-refractivity contribution in [3.63, 3.8) is 0 Å². The van der Waals surface area contributed by atoms with Crippen LogP contribution >= 0.6 is 11.3 Å². The predicted octanol–water partition coefficient (Wildman–Crippen LogP) is 4.97. The standard InChI is InChI=1S/C24H30N2O2S.C2H6/c1-2-20-14-21-22(29-20)8-13-28-24(21)9-11-25(12-10-24)15-18-16-26(17-18)23(27)19-6-4-3-5-7-19;1-2/h3-7,14,18H,2,8-13,15-17H2,1H3;1-2H3. The van der Waals surface area contributed by atoms with Crippen LogP contribution in [0.2, 0.25) is 0 Å². The molecule has 168 valence electrons. The van der Waals surface area contributed by atoms with Gasteiger partial charge in [0.25, 0.3) is 5.91 Å². The Hall–Kier alpha value is -1.69. The van der Waals surface area contributed by atoms with Crippen LogP contribution in [0.3, 0.4) is 0 Å². The molecule has 3 aliphatic heterocycles. The van der Waals surface area contributed by atoms with Crippen LogP contribution in [0.15, 0.2) is 36.4 Å². The van der Waals surface area contributed by atoms with Crippen molar-refractivity contribution < 1.29 is 9.53 Å². The second-order valence-electron chi connectivity index (χ2n) is 8.74. The third kappa shape index (κ3) is 4.59. The molecule has 0 radical (unpaired) electrons. The van der Waals surface area contributed by atoms with Gasteiger partial charge in [-0.2, -0.15) is 0 Å². The smallest absolute Gasteiger partial charge is 0.253 e. The molecule has 2 fully saturated rings. The Morgan fingerprint density at radius 2 is 1.87 bits per heavy atom. The van der Waals surface area contributed by atoms with Crippen LogP contribution in [-0.2, 0) is 23.2 Å². The van der Waals surface area contributed by atoms with Crippen LogP contribution in [-0.4, -0.2) is 55.0 Å². The number of rotatable bonds is 4. The Kier molecular flexibility index (Phi) is 7.15. The lowest BCUT2D eigenvalue weighted by molar-refractivity contribution is -0.1000. The maximum atomic E-state index is 12.5. The Morgan fingerprint density at radius 1 is 1.16 bits per heavy atom. The van der Waals surface area contributed by atoms with Crippen LogP contribution in [0.5, 0.6) is 0 Å². The second kappa shape index (κ2) is 9.85. The van der Waals surface area contributed by atoms with Gasteiger partial charge in [0.2, 0.25) is 0 Å². The molecule has 0 atom stereocenters. The molecular weight excluding hydrogens is 404 g/mol. The van der Waals surface area contributed by atoms with Crippen LogP contribution < -0.4 is 0 Å². The first-order chi connectivity index (χ1) is 15.2. The molecule has 1 amide bonds. The number of benzene rings is 1. The molecule has 1 aromatic carbocycles. The van der Waals surface area contributed by atoms with Crippen molar-refractivity contribution in [3.8, 4) is 0 Å². The average molecular weight is 441 g/mol. The molecule has 0 saturated carbocycles. The molecular formula is C26H36N2O2S. The first kappa shape index (κ1) is 22.5. The highest BCUT2D eigenvalue weighted by Gasteiger charge is 2.42. The van der Waals surface area contributed by atoms with Crippen molar-refractivity contribution in [2.75, 3.05) is 39.3 Å². The van der Waals surface area contributed by atoms with Gasteiger partial charge < -0.3 is 14.5 Å². The highest BCUT2D eigenvalue weighted by Crippen LogP contribution is 2.44. The van der Waals surface area contributed by atoms with Gasteiger partial charge in [-0.3, -0.25) is 4.79 Å². The molecule has 2 saturated heterocycles. The number of carbonyl (C=O) groups is 1. The van der Waals surface area contributed by atoms with Gasteiger partial charge in [0.1, 0.15) is 0 Å². The maximum absolute atomic E-state index is 12.5. The number of fused-ring (bicyclic) bond motifs is 2. The zero-order valence-corrected chi connectivity index (χ0v) is 20.0. The highest BCUT2D eigenvalue weighted by atomic mass is 32.1. The SMILES string of the molecule is CC.CCc1cc2c(s1)CCOC21CCN(CC2CN(C(=O)c3ccccc3)C2)CC1. The molecule has 31 heavy (non-hydrogen) atoms. The summed E-state index contributed by atoms with van der Waals surface area (Å²) in [6.45, 7) is 12.2. The third-order valence-corrected chi connectivity index (χ3v) is 8.19. The lowest BCUT2D eigenvalue weighted by Crippen LogP contribution is -2.55. The van der Waals surface area contributed by atoms with E-state index in [1.165, 1.54) is 10.4 Å². The molecule has 0 unspecified atom stereocenters. The molecule has 5 rings (SSSR count). The van der Waals surface area contributed by atoms with Gasteiger partial charge in [-0.15, -0.1) is 11.3 Å². The van der Waals surface area contributed by atoms with Crippen LogP contribution in [0, 0.1) is 5.92 Å².